The maximum absolute atomic E-state index is 14.1. The van der Waals surface area contributed by atoms with Crippen LogP contribution in [0.2, 0.25) is 0 Å². The number of benzene rings is 2. The number of thiophene rings is 1. The molecule has 0 radical (unpaired) electrons. The van der Waals surface area contributed by atoms with Crippen LogP contribution < -0.4 is 14.5 Å². The highest BCUT2D eigenvalue weighted by Gasteiger charge is 2.29. The Morgan fingerprint density at radius 1 is 1.08 bits per heavy atom. The van der Waals surface area contributed by atoms with Crippen LogP contribution in [0.1, 0.15) is 31.9 Å². The van der Waals surface area contributed by atoms with Crippen LogP contribution in [0.3, 0.4) is 0 Å². The molecule has 192 valence electrons. The van der Waals surface area contributed by atoms with Gasteiger partial charge in [0.05, 0.1) is 23.8 Å². The molecule has 10 heteroatoms. The molecule has 0 aliphatic carbocycles. The van der Waals surface area contributed by atoms with Gasteiger partial charge in [-0.25, -0.2) is 12.8 Å². The summed E-state index contributed by atoms with van der Waals surface area (Å²) in [6.07, 6.45) is 0. The molecule has 4 rings (SSSR count). The first-order chi connectivity index (χ1) is 17.0. The Hall–Kier alpha value is -2.95. The number of hydrogen-bond donors (Lipinski definition) is 1. The summed E-state index contributed by atoms with van der Waals surface area (Å²) in [4.78, 5) is 15.8. The number of hydrogen-bond acceptors (Lipinski definition) is 6. The summed E-state index contributed by atoms with van der Waals surface area (Å²) in [5, 5.41) is 4.70. The van der Waals surface area contributed by atoms with E-state index < -0.39 is 21.7 Å². The fraction of sp³-hybridized carbons (Fsp3) is 0.346. The van der Waals surface area contributed by atoms with Crippen LogP contribution in [0.5, 0.6) is 0 Å². The fourth-order valence-corrected chi connectivity index (χ4v) is 6.99. The SMILES string of the molecule is Cc1cc(C)c(N2CCOCC2)c(C)c1NC(=O)c1sccc1N(C)S(=O)(=O)c1cccc(F)c1C. The van der Waals surface area contributed by atoms with E-state index in [9.17, 15) is 17.6 Å². The van der Waals surface area contributed by atoms with E-state index in [0.29, 0.717) is 18.9 Å². The van der Waals surface area contributed by atoms with Gasteiger partial charge < -0.3 is 15.0 Å². The maximum Gasteiger partial charge on any atom is 0.267 e. The van der Waals surface area contributed by atoms with Gasteiger partial charge in [0.2, 0.25) is 0 Å². The Bertz CT molecular complexity index is 1410. The largest absolute Gasteiger partial charge is 0.378 e. The second-order valence-electron chi connectivity index (χ2n) is 8.88. The molecule has 7 nitrogen and oxygen atoms in total. The van der Waals surface area contributed by atoms with Crippen molar-refractivity contribution >= 4 is 44.3 Å². The van der Waals surface area contributed by atoms with E-state index in [1.807, 2.05) is 19.9 Å². The number of carbonyl (C=O) groups excluding carboxylic acids is 1. The third kappa shape index (κ3) is 4.72. The molecule has 0 unspecified atom stereocenters. The van der Waals surface area contributed by atoms with Crippen LogP contribution in [0.15, 0.2) is 40.6 Å². The van der Waals surface area contributed by atoms with E-state index in [0.717, 1.165) is 51.1 Å². The van der Waals surface area contributed by atoms with Crippen LogP contribution in [0, 0.1) is 33.5 Å². The first kappa shape index (κ1) is 26.1. The number of ether oxygens (including phenoxy) is 1. The predicted octanol–water partition coefficient (Wildman–Crippen LogP) is 5.03. The summed E-state index contributed by atoms with van der Waals surface area (Å²) >= 11 is 1.15. The number of nitrogens with zero attached hydrogens (tertiary/aromatic N) is 2. The second-order valence-corrected chi connectivity index (χ2v) is 11.7. The standard InChI is InChI=1S/C26H30FN3O4S2/c1-16-15-17(2)24(30-10-12-34-13-11-30)19(4)23(16)28-26(31)25-21(9-14-35-25)29(5)36(32,33)22-8-6-7-20(27)18(22)3/h6-9,14-15H,10-13H2,1-5H3,(H,28,31). The Morgan fingerprint density at radius 3 is 2.47 bits per heavy atom. The Labute approximate surface area is 215 Å². The van der Waals surface area contributed by atoms with Crippen LogP contribution in [-0.4, -0.2) is 47.7 Å². The van der Waals surface area contributed by atoms with E-state index >= 15 is 0 Å². The van der Waals surface area contributed by atoms with Gasteiger partial charge in [-0.1, -0.05) is 12.1 Å². The van der Waals surface area contributed by atoms with Gasteiger partial charge in [0.25, 0.3) is 15.9 Å². The molecule has 3 aromatic rings. The van der Waals surface area contributed by atoms with Crippen molar-refractivity contribution in [3.05, 3.63) is 68.7 Å². The highest BCUT2D eigenvalue weighted by Crippen LogP contribution is 2.36. The summed E-state index contributed by atoms with van der Waals surface area (Å²) in [5.41, 5.74) is 5.05. The summed E-state index contributed by atoms with van der Waals surface area (Å²) in [6, 6.07) is 7.57. The molecule has 1 aliphatic rings. The second kappa shape index (κ2) is 10.2. The molecule has 1 fully saturated rings. The molecule has 0 bridgehead atoms. The van der Waals surface area contributed by atoms with Crippen molar-refractivity contribution in [2.45, 2.75) is 32.6 Å². The van der Waals surface area contributed by atoms with Crippen LogP contribution in [0.4, 0.5) is 21.5 Å². The molecule has 36 heavy (non-hydrogen) atoms. The van der Waals surface area contributed by atoms with Crippen molar-refractivity contribution in [3.8, 4) is 0 Å². The summed E-state index contributed by atoms with van der Waals surface area (Å²) in [5.74, 6) is -1.00. The molecule has 1 aliphatic heterocycles. The number of nitrogens with one attached hydrogen (secondary N) is 1. The minimum atomic E-state index is -4.09. The van der Waals surface area contributed by atoms with Gasteiger partial charge >= 0.3 is 0 Å². The molecule has 0 spiro atoms. The van der Waals surface area contributed by atoms with Gasteiger partial charge in [-0.05, 0) is 68.0 Å². The number of sulfonamides is 1. The fourth-order valence-electron chi connectivity index (χ4n) is 4.68. The van der Waals surface area contributed by atoms with Gasteiger partial charge in [0, 0.05) is 37.1 Å². The molecule has 1 aromatic heterocycles. The van der Waals surface area contributed by atoms with E-state index in [-0.39, 0.29) is 21.0 Å². The van der Waals surface area contributed by atoms with E-state index in [4.69, 9.17) is 4.74 Å². The minimum Gasteiger partial charge on any atom is -0.378 e. The van der Waals surface area contributed by atoms with Gasteiger partial charge in [-0.3, -0.25) is 9.10 Å². The average Bonchev–Trinajstić information content (AvgIpc) is 3.33. The number of morpholine rings is 1. The lowest BCUT2D eigenvalue weighted by molar-refractivity contribution is 0.103. The number of rotatable bonds is 6. The summed E-state index contributed by atoms with van der Waals surface area (Å²) in [6.45, 7) is 10.3. The molecule has 1 N–H and O–H groups in total. The first-order valence-corrected chi connectivity index (χ1v) is 13.9. The number of carbonyl (C=O) groups is 1. The van der Waals surface area contributed by atoms with Crippen molar-refractivity contribution in [2.75, 3.05) is 47.9 Å². The van der Waals surface area contributed by atoms with E-state index in [1.165, 1.54) is 32.2 Å². The van der Waals surface area contributed by atoms with Gasteiger partial charge in [-0.15, -0.1) is 11.3 Å². The molecular weight excluding hydrogens is 501 g/mol. The van der Waals surface area contributed by atoms with Crippen molar-refractivity contribution in [1.29, 1.82) is 0 Å². The lowest BCUT2D eigenvalue weighted by Gasteiger charge is -2.32. The molecule has 0 saturated carbocycles. The minimum absolute atomic E-state index is 0.0344. The van der Waals surface area contributed by atoms with Crippen molar-refractivity contribution < 1.29 is 22.3 Å². The van der Waals surface area contributed by atoms with Gasteiger partial charge in [0.15, 0.2) is 0 Å². The third-order valence-corrected chi connectivity index (χ3v) is 9.36. The first-order valence-electron chi connectivity index (χ1n) is 11.6. The molecule has 1 saturated heterocycles. The van der Waals surface area contributed by atoms with Crippen LogP contribution in [0.25, 0.3) is 0 Å². The highest BCUT2D eigenvalue weighted by atomic mass is 32.2. The maximum atomic E-state index is 14.1. The number of anilines is 3. The lowest BCUT2D eigenvalue weighted by atomic mass is 10.0. The predicted molar refractivity (Wildman–Crippen MR) is 143 cm³/mol. The number of amides is 1. The highest BCUT2D eigenvalue weighted by molar-refractivity contribution is 7.92. The molecular formula is C26H30FN3O4S2. The van der Waals surface area contributed by atoms with Crippen molar-refractivity contribution in [3.63, 3.8) is 0 Å². The summed E-state index contributed by atoms with van der Waals surface area (Å²) in [7, 11) is -2.71. The number of aryl methyl sites for hydroxylation is 2. The Balaban J connectivity index is 1.67. The Kier molecular flexibility index (Phi) is 7.40. The van der Waals surface area contributed by atoms with Crippen molar-refractivity contribution in [2.24, 2.45) is 0 Å². The number of halogens is 1. The Morgan fingerprint density at radius 2 is 1.78 bits per heavy atom. The van der Waals surface area contributed by atoms with Crippen LogP contribution in [-0.2, 0) is 14.8 Å². The smallest absolute Gasteiger partial charge is 0.267 e. The molecule has 2 heterocycles. The zero-order valence-electron chi connectivity index (χ0n) is 21.0. The van der Waals surface area contributed by atoms with Gasteiger partial charge in [0.1, 0.15) is 10.7 Å². The summed E-state index contributed by atoms with van der Waals surface area (Å²) < 4.78 is 47.2. The lowest BCUT2D eigenvalue weighted by Crippen LogP contribution is -2.37. The van der Waals surface area contributed by atoms with E-state index in [2.05, 4.69) is 17.1 Å². The normalized spacial score (nSPS) is 14.1. The molecule has 1 amide bonds. The monoisotopic (exact) mass is 531 g/mol. The van der Waals surface area contributed by atoms with Gasteiger partial charge in [-0.2, -0.15) is 0 Å². The zero-order valence-corrected chi connectivity index (χ0v) is 22.6. The zero-order chi connectivity index (χ0) is 26.2. The quantitative estimate of drug-likeness (QED) is 0.483. The molecule has 2 aromatic carbocycles. The van der Waals surface area contributed by atoms with Crippen LogP contribution >= 0.6 is 11.3 Å². The molecule has 0 atom stereocenters. The van der Waals surface area contributed by atoms with Crippen molar-refractivity contribution in [1.82, 2.24) is 0 Å². The van der Waals surface area contributed by atoms with E-state index in [1.54, 1.807) is 11.4 Å². The topological polar surface area (TPSA) is 79.0 Å². The third-order valence-electron chi connectivity index (χ3n) is 6.54. The average molecular weight is 532 g/mol.